The van der Waals surface area contributed by atoms with Gasteiger partial charge in [-0.25, -0.2) is 4.79 Å². The molecule has 0 saturated carbocycles. The molecule has 0 radical (unpaired) electrons. The van der Waals surface area contributed by atoms with Crippen LogP contribution in [0.5, 0.6) is 5.75 Å². The summed E-state index contributed by atoms with van der Waals surface area (Å²) in [6.07, 6.45) is -3.43. The number of ether oxygens (including phenoxy) is 1. The Bertz CT molecular complexity index is 556. The zero-order chi connectivity index (χ0) is 16.3. The van der Waals surface area contributed by atoms with Gasteiger partial charge >= 0.3 is 12.1 Å². The molecule has 1 aliphatic heterocycles. The second-order valence-corrected chi connectivity index (χ2v) is 4.92. The van der Waals surface area contributed by atoms with E-state index in [4.69, 9.17) is 5.11 Å². The topological polar surface area (TPSA) is 66.8 Å². The summed E-state index contributed by atoms with van der Waals surface area (Å²) in [6.45, 7) is -1.06. The molecular weight excluding hydrogens is 303 g/mol. The van der Waals surface area contributed by atoms with Crippen LogP contribution in [0.1, 0.15) is 23.2 Å². The predicted molar refractivity (Wildman–Crippen MR) is 69.7 cm³/mol. The Morgan fingerprint density at radius 3 is 2.45 bits per heavy atom. The lowest BCUT2D eigenvalue weighted by Gasteiger charge is -2.21. The second kappa shape index (κ2) is 6.25. The molecule has 1 fully saturated rings. The van der Waals surface area contributed by atoms with Crippen LogP contribution in [0, 0.1) is 0 Å². The van der Waals surface area contributed by atoms with Gasteiger partial charge in [0.15, 0.2) is 6.61 Å². The van der Waals surface area contributed by atoms with Crippen molar-refractivity contribution in [3.8, 4) is 5.75 Å². The van der Waals surface area contributed by atoms with Crippen LogP contribution in [0.4, 0.5) is 13.2 Å². The van der Waals surface area contributed by atoms with Crippen LogP contribution in [0.25, 0.3) is 0 Å². The minimum Gasteiger partial charge on any atom is -0.484 e. The molecule has 1 unspecified atom stereocenters. The molecule has 0 spiro atoms. The highest BCUT2D eigenvalue weighted by Gasteiger charge is 2.34. The quantitative estimate of drug-likeness (QED) is 0.925. The summed E-state index contributed by atoms with van der Waals surface area (Å²) in [7, 11) is 0. The van der Waals surface area contributed by atoms with E-state index in [0.29, 0.717) is 19.4 Å². The van der Waals surface area contributed by atoms with Gasteiger partial charge in [0, 0.05) is 12.1 Å². The number of benzene rings is 1. The number of hydrogen-bond donors (Lipinski definition) is 1. The van der Waals surface area contributed by atoms with Crippen molar-refractivity contribution in [3.05, 3.63) is 29.8 Å². The van der Waals surface area contributed by atoms with E-state index in [1.165, 1.54) is 29.2 Å². The Balaban J connectivity index is 2.03. The molecule has 0 aliphatic carbocycles. The van der Waals surface area contributed by atoms with Gasteiger partial charge in [-0.1, -0.05) is 0 Å². The van der Waals surface area contributed by atoms with Crippen LogP contribution in [-0.4, -0.2) is 47.3 Å². The van der Waals surface area contributed by atoms with Crippen molar-refractivity contribution < 1.29 is 32.6 Å². The molecule has 1 aromatic carbocycles. The van der Waals surface area contributed by atoms with Crippen LogP contribution in [0.15, 0.2) is 24.3 Å². The van der Waals surface area contributed by atoms with E-state index in [9.17, 15) is 22.8 Å². The van der Waals surface area contributed by atoms with Crippen molar-refractivity contribution in [2.75, 3.05) is 13.2 Å². The first kappa shape index (κ1) is 16.1. The number of carboxylic acids is 1. The monoisotopic (exact) mass is 317 g/mol. The number of carbonyl (C=O) groups is 2. The molecule has 1 heterocycles. The fourth-order valence-corrected chi connectivity index (χ4v) is 2.29. The Kier molecular flexibility index (Phi) is 4.58. The van der Waals surface area contributed by atoms with Gasteiger partial charge in [0.25, 0.3) is 5.91 Å². The Morgan fingerprint density at radius 2 is 1.91 bits per heavy atom. The highest BCUT2D eigenvalue weighted by atomic mass is 19.4. The zero-order valence-electron chi connectivity index (χ0n) is 11.5. The number of nitrogens with zero attached hydrogens (tertiary/aromatic N) is 1. The number of aliphatic carboxylic acids is 1. The molecular formula is C14H14F3NO4. The van der Waals surface area contributed by atoms with Crippen molar-refractivity contribution in [1.82, 2.24) is 4.90 Å². The lowest BCUT2D eigenvalue weighted by atomic mass is 10.1. The largest absolute Gasteiger partial charge is 0.484 e. The van der Waals surface area contributed by atoms with Gasteiger partial charge < -0.3 is 14.7 Å². The molecule has 1 atom stereocenters. The van der Waals surface area contributed by atoms with Crippen molar-refractivity contribution in [3.63, 3.8) is 0 Å². The average Bonchev–Trinajstić information content (AvgIpc) is 2.94. The van der Waals surface area contributed by atoms with Gasteiger partial charge in [0.2, 0.25) is 0 Å². The number of carbonyl (C=O) groups excluding carboxylic acids is 1. The van der Waals surface area contributed by atoms with Gasteiger partial charge in [-0.15, -0.1) is 0 Å². The van der Waals surface area contributed by atoms with E-state index in [0.717, 1.165) is 0 Å². The highest BCUT2D eigenvalue weighted by molar-refractivity contribution is 5.97. The Labute approximate surface area is 124 Å². The van der Waals surface area contributed by atoms with Crippen LogP contribution in [0.2, 0.25) is 0 Å². The summed E-state index contributed by atoms with van der Waals surface area (Å²) in [6, 6.07) is 4.31. The molecule has 8 heteroatoms. The third kappa shape index (κ3) is 3.90. The van der Waals surface area contributed by atoms with Crippen LogP contribution >= 0.6 is 0 Å². The fourth-order valence-electron chi connectivity index (χ4n) is 2.29. The number of hydrogen-bond acceptors (Lipinski definition) is 3. The van der Waals surface area contributed by atoms with Crippen molar-refractivity contribution in [2.24, 2.45) is 0 Å². The molecule has 1 amide bonds. The van der Waals surface area contributed by atoms with E-state index in [1.54, 1.807) is 0 Å². The summed E-state index contributed by atoms with van der Waals surface area (Å²) in [5.74, 6) is -1.52. The third-order valence-electron chi connectivity index (χ3n) is 3.30. The Morgan fingerprint density at radius 1 is 1.27 bits per heavy atom. The summed E-state index contributed by atoms with van der Waals surface area (Å²) in [4.78, 5) is 24.6. The third-order valence-corrected chi connectivity index (χ3v) is 3.30. The number of amides is 1. The summed E-state index contributed by atoms with van der Waals surface area (Å²) < 4.78 is 40.6. The summed E-state index contributed by atoms with van der Waals surface area (Å²) >= 11 is 0. The van der Waals surface area contributed by atoms with Gasteiger partial charge in [0.05, 0.1) is 0 Å². The number of carboxylic acid groups (broad SMARTS) is 1. The molecule has 1 saturated heterocycles. The van der Waals surface area contributed by atoms with Crippen molar-refractivity contribution in [2.45, 2.75) is 25.1 Å². The maximum Gasteiger partial charge on any atom is 0.422 e. The molecule has 1 aromatic rings. The standard InChI is InChI=1S/C14H14F3NO4/c15-14(16,17)8-22-10-5-3-9(4-6-10)12(19)18-7-1-2-11(18)13(20)21/h3-6,11H,1-2,7-8H2,(H,20,21). The lowest BCUT2D eigenvalue weighted by Crippen LogP contribution is -2.40. The maximum absolute atomic E-state index is 12.2. The molecule has 120 valence electrons. The number of halogens is 3. The fraction of sp³-hybridized carbons (Fsp3) is 0.429. The molecule has 0 aromatic heterocycles. The SMILES string of the molecule is O=C(O)C1CCCN1C(=O)c1ccc(OCC(F)(F)F)cc1. The van der Waals surface area contributed by atoms with Gasteiger partial charge in [0.1, 0.15) is 11.8 Å². The van der Waals surface area contributed by atoms with E-state index in [-0.39, 0.29) is 11.3 Å². The normalized spacial score (nSPS) is 18.3. The predicted octanol–water partition coefficient (Wildman–Crippen LogP) is 2.32. The van der Waals surface area contributed by atoms with Crippen LogP contribution < -0.4 is 4.74 Å². The lowest BCUT2D eigenvalue weighted by molar-refractivity contribution is -0.153. The molecule has 5 nitrogen and oxygen atoms in total. The molecule has 1 N–H and O–H groups in total. The number of rotatable bonds is 4. The smallest absolute Gasteiger partial charge is 0.422 e. The van der Waals surface area contributed by atoms with E-state index in [2.05, 4.69) is 4.74 Å². The first-order chi connectivity index (χ1) is 10.3. The molecule has 2 rings (SSSR count). The molecule has 1 aliphatic rings. The van der Waals surface area contributed by atoms with Gasteiger partial charge in [-0.3, -0.25) is 4.79 Å². The minimum atomic E-state index is -4.43. The van der Waals surface area contributed by atoms with Crippen LogP contribution in [-0.2, 0) is 4.79 Å². The second-order valence-electron chi connectivity index (χ2n) is 4.92. The van der Waals surface area contributed by atoms with E-state index >= 15 is 0 Å². The summed E-state index contributed by atoms with van der Waals surface area (Å²) in [5, 5.41) is 9.05. The maximum atomic E-state index is 12.2. The zero-order valence-corrected chi connectivity index (χ0v) is 11.5. The molecule has 22 heavy (non-hydrogen) atoms. The van der Waals surface area contributed by atoms with E-state index < -0.39 is 30.7 Å². The van der Waals surface area contributed by atoms with Crippen molar-refractivity contribution in [1.29, 1.82) is 0 Å². The Hall–Kier alpha value is -2.25. The van der Waals surface area contributed by atoms with Gasteiger partial charge in [-0.05, 0) is 37.1 Å². The molecule has 0 bridgehead atoms. The van der Waals surface area contributed by atoms with Gasteiger partial charge in [-0.2, -0.15) is 13.2 Å². The number of alkyl halides is 3. The van der Waals surface area contributed by atoms with Crippen molar-refractivity contribution >= 4 is 11.9 Å². The highest BCUT2D eigenvalue weighted by Crippen LogP contribution is 2.22. The van der Waals surface area contributed by atoms with Crippen LogP contribution in [0.3, 0.4) is 0 Å². The summed E-state index contributed by atoms with van der Waals surface area (Å²) in [5.41, 5.74) is 0.215. The first-order valence-electron chi connectivity index (χ1n) is 6.61. The number of likely N-dealkylation sites (tertiary alicyclic amines) is 1. The average molecular weight is 317 g/mol. The minimum absolute atomic E-state index is 0.00918. The van der Waals surface area contributed by atoms with E-state index in [1.807, 2.05) is 0 Å². The first-order valence-corrected chi connectivity index (χ1v) is 6.61.